The van der Waals surface area contributed by atoms with E-state index in [-0.39, 0.29) is 17.9 Å². The van der Waals surface area contributed by atoms with Crippen LogP contribution in [0.4, 0.5) is 0 Å². The molecule has 38 heavy (non-hydrogen) atoms. The van der Waals surface area contributed by atoms with E-state index in [1.54, 1.807) is 0 Å². The van der Waals surface area contributed by atoms with Crippen molar-refractivity contribution in [2.24, 2.45) is 11.7 Å². The number of hydrogen-bond donors (Lipinski definition) is 2. The zero-order valence-electron chi connectivity index (χ0n) is 21.5. The molecule has 0 saturated carbocycles. The number of carbonyl (C=O) groups excluding carboxylic acids is 2. The minimum absolute atomic E-state index is 0.0355. The Morgan fingerprint density at radius 3 is 2.47 bits per heavy atom. The average Bonchev–Trinajstić information content (AvgIpc) is 3.08. The summed E-state index contributed by atoms with van der Waals surface area (Å²) in [6, 6.07) is 7.91. The topological polar surface area (TPSA) is 82.8 Å². The van der Waals surface area contributed by atoms with Gasteiger partial charge in [0.2, 0.25) is 11.8 Å². The molecule has 204 valence electrons. The lowest BCUT2D eigenvalue weighted by Gasteiger charge is -2.40. The van der Waals surface area contributed by atoms with Gasteiger partial charge < -0.3 is 15.5 Å². The number of carbonyl (C=O) groups is 2. The first kappa shape index (κ1) is 27.9. The second kappa shape index (κ2) is 12.3. The van der Waals surface area contributed by atoms with Gasteiger partial charge in [0.25, 0.3) is 0 Å². The Kier molecular flexibility index (Phi) is 8.99. The average molecular weight is 621 g/mol. The van der Waals surface area contributed by atoms with Crippen LogP contribution in [0.5, 0.6) is 0 Å². The Morgan fingerprint density at radius 1 is 1.05 bits per heavy atom. The number of aryl methyl sites for hydroxylation is 2. The summed E-state index contributed by atoms with van der Waals surface area (Å²) < 4.78 is 0.995. The SMILES string of the molecule is N[C@@H](CS)C(=O)N1CCC(CC(=O)N2CCN(C3c4ccc(Cl)cc4CCc4cc(Br)cnc43)CC2)CC1. The van der Waals surface area contributed by atoms with Crippen molar-refractivity contribution < 1.29 is 9.59 Å². The van der Waals surface area contributed by atoms with Crippen molar-refractivity contribution in [3.8, 4) is 0 Å². The number of nitrogens with zero attached hydrogens (tertiary/aromatic N) is 4. The molecule has 5 rings (SSSR count). The predicted octanol–water partition coefficient (Wildman–Crippen LogP) is 3.72. The van der Waals surface area contributed by atoms with Crippen LogP contribution in [0.25, 0.3) is 0 Å². The highest BCUT2D eigenvalue weighted by molar-refractivity contribution is 9.10. The van der Waals surface area contributed by atoms with Crippen LogP contribution in [-0.2, 0) is 22.4 Å². The summed E-state index contributed by atoms with van der Waals surface area (Å²) in [7, 11) is 0. The smallest absolute Gasteiger partial charge is 0.240 e. The van der Waals surface area contributed by atoms with Crippen LogP contribution >= 0.6 is 40.2 Å². The van der Waals surface area contributed by atoms with E-state index in [1.807, 2.05) is 22.1 Å². The van der Waals surface area contributed by atoms with E-state index in [9.17, 15) is 9.59 Å². The maximum Gasteiger partial charge on any atom is 0.240 e. The first-order valence-corrected chi connectivity index (χ1v) is 15.2. The molecule has 2 aromatic rings. The van der Waals surface area contributed by atoms with Gasteiger partial charge in [0.1, 0.15) is 0 Å². The highest BCUT2D eigenvalue weighted by atomic mass is 79.9. The number of nitrogens with two attached hydrogens (primary N) is 1. The highest BCUT2D eigenvalue weighted by Gasteiger charge is 2.34. The van der Waals surface area contributed by atoms with Gasteiger partial charge in [-0.1, -0.05) is 17.7 Å². The molecule has 0 spiro atoms. The molecule has 1 aromatic heterocycles. The van der Waals surface area contributed by atoms with Crippen LogP contribution in [0, 0.1) is 5.92 Å². The van der Waals surface area contributed by atoms with Crippen molar-refractivity contribution in [2.75, 3.05) is 45.0 Å². The zero-order valence-corrected chi connectivity index (χ0v) is 24.7. The molecule has 0 radical (unpaired) electrons. The van der Waals surface area contributed by atoms with E-state index in [2.05, 4.69) is 51.7 Å². The molecule has 2 saturated heterocycles. The molecule has 0 bridgehead atoms. The van der Waals surface area contributed by atoms with Gasteiger partial charge in [-0.3, -0.25) is 19.5 Å². The lowest BCUT2D eigenvalue weighted by atomic mass is 9.92. The Morgan fingerprint density at radius 2 is 1.76 bits per heavy atom. The van der Waals surface area contributed by atoms with Crippen LogP contribution < -0.4 is 5.73 Å². The van der Waals surface area contributed by atoms with Crippen molar-refractivity contribution >= 4 is 52.0 Å². The third kappa shape index (κ3) is 6.07. The summed E-state index contributed by atoms with van der Waals surface area (Å²) in [5.41, 5.74) is 10.8. The number of halogens is 2. The number of piperazine rings is 1. The van der Waals surface area contributed by atoms with E-state index >= 15 is 0 Å². The molecule has 3 aliphatic rings. The van der Waals surface area contributed by atoms with E-state index < -0.39 is 6.04 Å². The third-order valence-electron chi connectivity index (χ3n) is 8.23. The minimum atomic E-state index is -0.547. The number of amides is 2. The van der Waals surface area contributed by atoms with Gasteiger partial charge in [0.05, 0.1) is 17.8 Å². The summed E-state index contributed by atoms with van der Waals surface area (Å²) >= 11 is 14.1. The van der Waals surface area contributed by atoms with Crippen LogP contribution in [0.1, 0.15) is 47.7 Å². The molecular formula is C28H35BrClN5O2S. The first-order valence-electron chi connectivity index (χ1n) is 13.4. The molecule has 2 atom stereocenters. The second-order valence-corrected chi connectivity index (χ2v) is 12.3. The summed E-state index contributed by atoms with van der Waals surface area (Å²) in [5.74, 6) is 0.844. The molecule has 7 nitrogen and oxygen atoms in total. The van der Waals surface area contributed by atoms with Crippen molar-refractivity contribution in [1.82, 2.24) is 19.7 Å². The molecule has 1 aliphatic carbocycles. The predicted molar refractivity (Wildman–Crippen MR) is 157 cm³/mol. The van der Waals surface area contributed by atoms with E-state index in [1.165, 1.54) is 16.7 Å². The fourth-order valence-electron chi connectivity index (χ4n) is 6.06. The van der Waals surface area contributed by atoms with Gasteiger partial charge >= 0.3 is 0 Å². The van der Waals surface area contributed by atoms with Crippen molar-refractivity contribution in [3.05, 3.63) is 62.3 Å². The number of benzene rings is 1. The number of hydrogen-bond acceptors (Lipinski definition) is 6. The lowest BCUT2D eigenvalue weighted by Crippen LogP contribution is -2.51. The van der Waals surface area contributed by atoms with Gasteiger partial charge in [0, 0.05) is 67.1 Å². The normalized spacial score (nSPS) is 21.4. The van der Waals surface area contributed by atoms with Crippen LogP contribution in [0.15, 0.2) is 34.9 Å². The number of aromatic nitrogens is 1. The molecular weight excluding hydrogens is 586 g/mol. The van der Waals surface area contributed by atoms with Gasteiger partial charge in [-0.25, -0.2) is 0 Å². The Labute approximate surface area is 243 Å². The number of rotatable bonds is 5. The Bertz CT molecular complexity index is 1130. The fraction of sp³-hybridized carbons (Fsp3) is 0.536. The molecule has 2 aliphatic heterocycles. The van der Waals surface area contributed by atoms with Crippen molar-refractivity contribution in [3.63, 3.8) is 0 Å². The Hall–Kier alpha value is -1.65. The quantitative estimate of drug-likeness (QED) is 0.498. The highest BCUT2D eigenvalue weighted by Crippen LogP contribution is 2.38. The molecule has 3 heterocycles. The summed E-state index contributed by atoms with van der Waals surface area (Å²) in [4.78, 5) is 36.7. The molecule has 2 fully saturated rings. The largest absolute Gasteiger partial charge is 0.341 e. The molecule has 10 heteroatoms. The monoisotopic (exact) mass is 619 g/mol. The number of piperidine rings is 1. The standard InChI is InChI=1S/C28H35BrClN5O2S/c29-21-14-20-2-1-19-15-22(30)3-4-23(19)27(26(20)32-16-21)34-11-9-33(10-12-34)25(36)13-18-5-7-35(8-6-18)28(37)24(31)17-38/h3-4,14-16,18,24,27,38H,1-2,5-13,17,31H2/t24-,27?/m0/s1. The van der Waals surface area contributed by atoms with Gasteiger partial charge in [-0.05, 0) is 82.4 Å². The van der Waals surface area contributed by atoms with Crippen LogP contribution in [-0.4, -0.2) is 82.6 Å². The molecule has 1 unspecified atom stereocenters. The summed E-state index contributed by atoms with van der Waals surface area (Å²) in [6.45, 7) is 4.34. The molecule has 2 N–H and O–H groups in total. The number of pyridine rings is 1. The summed E-state index contributed by atoms with van der Waals surface area (Å²) in [5, 5.41) is 0.762. The zero-order chi connectivity index (χ0) is 26.8. The fourth-order valence-corrected chi connectivity index (χ4v) is 6.79. The van der Waals surface area contributed by atoms with E-state index in [0.717, 1.165) is 54.0 Å². The maximum absolute atomic E-state index is 13.2. The van der Waals surface area contributed by atoms with Crippen LogP contribution in [0.3, 0.4) is 0 Å². The minimum Gasteiger partial charge on any atom is -0.341 e. The van der Waals surface area contributed by atoms with Crippen molar-refractivity contribution in [2.45, 2.75) is 44.2 Å². The van der Waals surface area contributed by atoms with Gasteiger partial charge in [0.15, 0.2) is 0 Å². The summed E-state index contributed by atoms with van der Waals surface area (Å²) in [6.07, 6.45) is 5.98. The number of fused-ring (bicyclic) bond motifs is 2. The Balaban J connectivity index is 1.22. The van der Waals surface area contributed by atoms with E-state index in [4.69, 9.17) is 22.3 Å². The molecule has 2 amide bonds. The van der Waals surface area contributed by atoms with E-state index in [0.29, 0.717) is 44.3 Å². The van der Waals surface area contributed by atoms with Gasteiger partial charge in [-0.15, -0.1) is 0 Å². The molecule has 1 aromatic carbocycles. The maximum atomic E-state index is 13.2. The van der Waals surface area contributed by atoms with Crippen molar-refractivity contribution in [1.29, 1.82) is 0 Å². The third-order valence-corrected chi connectivity index (χ3v) is 9.29. The van der Waals surface area contributed by atoms with Crippen LogP contribution in [0.2, 0.25) is 5.02 Å². The number of thiol groups is 1. The lowest BCUT2D eigenvalue weighted by molar-refractivity contribution is -0.135. The first-order chi connectivity index (χ1) is 18.3. The number of likely N-dealkylation sites (tertiary alicyclic amines) is 1. The van der Waals surface area contributed by atoms with Gasteiger partial charge in [-0.2, -0.15) is 12.6 Å². The second-order valence-electron chi connectivity index (χ2n) is 10.6.